The molecule has 0 aliphatic heterocycles. The molecular weight excluding hydrogens is 491 g/mol. The summed E-state index contributed by atoms with van der Waals surface area (Å²) < 4.78 is 44.3. The lowest BCUT2D eigenvalue weighted by molar-refractivity contribution is -0.137. The van der Waals surface area contributed by atoms with Crippen molar-refractivity contribution in [3.8, 4) is 5.75 Å². The largest absolute Gasteiger partial charge is 0.426 e. The van der Waals surface area contributed by atoms with Crippen LogP contribution in [-0.2, 0) is 17.4 Å². The van der Waals surface area contributed by atoms with Crippen LogP contribution < -0.4 is 4.74 Å². The number of nitrogens with zero attached hydrogens (tertiary/aromatic N) is 2. The Kier molecular flexibility index (Phi) is 8.51. The van der Waals surface area contributed by atoms with E-state index in [1.54, 1.807) is 0 Å². The maximum Gasteiger partial charge on any atom is 0.416 e. The Balaban J connectivity index is 1.95. The van der Waals surface area contributed by atoms with Gasteiger partial charge in [0.05, 0.1) is 5.56 Å². The van der Waals surface area contributed by atoms with Gasteiger partial charge in [0.2, 0.25) is 0 Å². The highest BCUT2D eigenvalue weighted by molar-refractivity contribution is 8.00. The number of ether oxygens (including phenoxy) is 1. The molecule has 1 aromatic heterocycles. The monoisotopic (exact) mass is 521 g/mol. The fraction of sp³-hybridized carbons (Fsp3) is 0.423. The molecule has 3 rings (SSSR count). The van der Waals surface area contributed by atoms with Crippen LogP contribution >= 0.6 is 11.8 Å². The molecule has 0 amide bonds. The zero-order valence-electron chi connectivity index (χ0n) is 20.8. The van der Waals surface area contributed by atoms with Crippen LogP contribution in [0.25, 0.3) is 0 Å². The number of hydrogen-bond donors (Lipinski definition) is 2. The van der Waals surface area contributed by atoms with E-state index in [1.165, 1.54) is 37.1 Å². The molecule has 2 aromatic carbocycles. The molecule has 10 heteroatoms. The van der Waals surface area contributed by atoms with Crippen molar-refractivity contribution in [1.82, 2.24) is 15.2 Å². The van der Waals surface area contributed by atoms with E-state index in [1.807, 2.05) is 39.2 Å². The molecule has 194 valence electrons. The number of alkyl halides is 3. The zero-order chi connectivity index (χ0) is 26.7. The number of thioether (sulfide) groups is 1. The molecule has 3 aromatic rings. The van der Waals surface area contributed by atoms with Crippen molar-refractivity contribution in [2.75, 3.05) is 6.26 Å². The number of H-pyrrole nitrogens is 1. The maximum atomic E-state index is 13.2. The second-order valence-electron chi connectivity index (χ2n) is 9.08. The Morgan fingerprint density at radius 1 is 1.17 bits per heavy atom. The van der Waals surface area contributed by atoms with Gasteiger partial charge in [0.1, 0.15) is 18.2 Å². The van der Waals surface area contributed by atoms with E-state index in [0.717, 1.165) is 28.8 Å². The van der Waals surface area contributed by atoms with Crippen molar-refractivity contribution in [1.29, 1.82) is 0 Å². The normalized spacial score (nSPS) is 15.2. The summed E-state index contributed by atoms with van der Waals surface area (Å²) in [4.78, 5) is 15.5. The predicted octanol–water partition coefficient (Wildman–Crippen LogP) is 5.94. The molecule has 0 saturated heterocycles. The van der Waals surface area contributed by atoms with E-state index in [9.17, 15) is 23.1 Å². The summed E-state index contributed by atoms with van der Waals surface area (Å²) in [5.41, 5.74) is 2.53. The lowest BCUT2D eigenvalue weighted by Crippen LogP contribution is -2.35. The summed E-state index contributed by atoms with van der Waals surface area (Å²) >= 11 is 1.54. The summed E-state index contributed by atoms with van der Waals surface area (Å²) in [7, 11) is 0. The van der Waals surface area contributed by atoms with Crippen LogP contribution in [0.4, 0.5) is 13.2 Å². The van der Waals surface area contributed by atoms with Gasteiger partial charge in [0, 0.05) is 17.6 Å². The van der Waals surface area contributed by atoms with Crippen LogP contribution in [0.3, 0.4) is 0 Å². The lowest BCUT2D eigenvalue weighted by atomic mass is 9.78. The van der Waals surface area contributed by atoms with Crippen molar-refractivity contribution in [2.45, 2.75) is 63.5 Å². The highest BCUT2D eigenvalue weighted by atomic mass is 32.2. The zero-order valence-corrected chi connectivity index (χ0v) is 21.6. The molecule has 3 unspecified atom stereocenters. The number of aliphatic hydroxyl groups is 1. The molecule has 0 aliphatic carbocycles. The van der Waals surface area contributed by atoms with E-state index < -0.39 is 28.5 Å². The first-order chi connectivity index (χ1) is 16.9. The van der Waals surface area contributed by atoms with Gasteiger partial charge in [-0.05, 0) is 74.3 Å². The van der Waals surface area contributed by atoms with Crippen LogP contribution in [0, 0.1) is 13.8 Å². The Hall–Kier alpha value is -2.85. The van der Waals surface area contributed by atoms with Crippen LogP contribution in [0.1, 0.15) is 65.9 Å². The number of carbonyl (C=O) groups excluding carboxylic acids is 1. The molecule has 0 aliphatic rings. The molecule has 3 atom stereocenters. The third-order valence-corrected chi connectivity index (χ3v) is 7.82. The summed E-state index contributed by atoms with van der Waals surface area (Å²) in [6, 6.07) is 8.85. The molecule has 0 radical (unpaired) electrons. The average molecular weight is 522 g/mol. The van der Waals surface area contributed by atoms with Crippen LogP contribution in [0.5, 0.6) is 5.75 Å². The Labute approximate surface area is 212 Å². The third kappa shape index (κ3) is 6.28. The third-order valence-electron chi connectivity index (χ3n) is 6.43. The molecular formula is C26H30F3N3O3S. The number of aromatic amines is 1. The van der Waals surface area contributed by atoms with Gasteiger partial charge < -0.3 is 9.84 Å². The van der Waals surface area contributed by atoms with Crippen LogP contribution in [-0.4, -0.2) is 37.3 Å². The van der Waals surface area contributed by atoms with Crippen molar-refractivity contribution in [3.05, 3.63) is 76.4 Å². The molecule has 1 heterocycles. The summed E-state index contributed by atoms with van der Waals surface area (Å²) in [5, 5.41) is 17.8. The van der Waals surface area contributed by atoms with Gasteiger partial charge in [-0.3, -0.25) is 9.89 Å². The van der Waals surface area contributed by atoms with Crippen molar-refractivity contribution in [3.63, 3.8) is 0 Å². The quantitative estimate of drug-likeness (QED) is 0.268. The first kappa shape index (κ1) is 27.7. The summed E-state index contributed by atoms with van der Waals surface area (Å²) in [6.45, 7) is 7.10. The maximum absolute atomic E-state index is 13.2. The number of aliphatic hydroxyl groups excluding tert-OH is 1. The van der Waals surface area contributed by atoms with Gasteiger partial charge in [0.15, 0.2) is 5.82 Å². The highest BCUT2D eigenvalue weighted by Gasteiger charge is 2.41. The van der Waals surface area contributed by atoms with E-state index in [2.05, 4.69) is 15.2 Å². The summed E-state index contributed by atoms with van der Waals surface area (Å²) in [5.74, 6) is -0.171. The molecule has 2 N–H and O–H groups in total. The molecule has 36 heavy (non-hydrogen) atoms. The first-order valence-electron chi connectivity index (χ1n) is 11.4. The molecule has 0 bridgehead atoms. The minimum atomic E-state index is -4.45. The number of aromatic nitrogens is 3. The first-order valence-corrected chi connectivity index (χ1v) is 12.6. The molecule has 0 saturated carbocycles. The number of rotatable bonds is 9. The number of esters is 1. The van der Waals surface area contributed by atoms with E-state index >= 15 is 0 Å². The Morgan fingerprint density at radius 2 is 1.78 bits per heavy atom. The molecule has 6 nitrogen and oxygen atoms in total. The van der Waals surface area contributed by atoms with Crippen LogP contribution in [0.2, 0.25) is 0 Å². The fourth-order valence-corrected chi connectivity index (χ4v) is 5.35. The minimum Gasteiger partial charge on any atom is -0.426 e. The highest BCUT2D eigenvalue weighted by Crippen LogP contribution is 2.48. The van der Waals surface area contributed by atoms with Gasteiger partial charge in [-0.25, -0.2) is 4.98 Å². The van der Waals surface area contributed by atoms with Gasteiger partial charge in [-0.2, -0.15) is 30.0 Å². The van der Waals surface area contributed by atoms with E-state index in [0.29, 0.717) is 24.2 Å². The minimum absolute atomic E-state index is 0.248. The standard InChI is InChI=1S/C26H30F3N3O3S/c1-15-12-18(13-16(2)23(15)35-17(3)33)10-11-25(4,36-5)21(22(34)24-30-14-31-32-24)19-6-8-20(9-7-19)26(27,28)29/h6-9,12-14,21-22,34H,10-11H2,1-5H3,(H,30,31,32). The van der Waals surface area contributed by atoms with Gasteiger partial charge in [-0.15, -0.1) is 0 Å². The number of carbonyl (C=O) groups is 1. The summed E-state index contributed by atoms with van der Waals surface area (Å²) in [6.07, 6.45) is -1.11. The van der Waals surface area contributed by atoms with E-state index in [4.69, 9.17) is 4.74 Å². The smallest absolute Gasteiger partial charge is 0.416 e. The molecule has 0 spiro atoms. The van der Waals surface area contributed by atoms with Crippen molar-refractivity contribution < 1.29 is 27.8 Å². The fourth-order valence-electron chi connectivity index (χ4n) is 4.53. The second-order valence-corrected chi connectivity index (χ2v) is 10.4. The van der Waals surface area contributed by atoms with Crippen molar-refractivity contribution >= 4 is 17.7 Å². The number of nitrogens with one attached hydrogen (secondary N) is 1. The van der Waals surface area contributed by atoms with E-state index in [-0.39, 0.29) is 11.8 Å². The number of hydrogen-bond acceptors (Lipinski definition) is 6. The number of aryl methyl sites for hydroxylation is 3. The number of halogens is 3. The van der Waals surface area contributed by atoms with Gasteiger partial charge in [0.25, 0.3) is 0 Å². The van der Waals surface area contributed by atoms with Gasteiger partial charge in [-0.1, -0.05) is 24.3 Å². The van der Waals surface area contributed by atoms with Crippen LogP contribution in [0.15, 0.2) is 42.7 Å². The van der Waals surface area contributed by atoms with Crippen molar-refractivity contribution in [2.24, 2.45) is 0 Å². The Morgan fingerprint density at radius 3 is 2.25 bits per heavy atom. The second kappa shape index (κ2) is 11.0. The SMILES string of the molecule is CSC(C)(CCc1cc(C)c(OC(C)=O)c(C)c1)C(c1ccc(C(F)(F)F)cc1)C(O)c1ncn[nH]1. The lowest BCUT2D eigenvalue weighted by Gasteiger charge is -2.39. The molecule has 0 fully saturated rings. The Bertz CT molecular complexity index is 1160. The average Bonchev–Trinajstić information content (AvgIpc) is 3.35. The number of benzene rings is 2. The van der Waals surface area contributed by atoms with Gasteiger partial charge >= 0.3 is 12.1 Å². The topological polar surface area (TPSA) is 88.1 Å². The predicted molar refractivity (Wildman–Crippen MR) is 133 cm³/mol.